The lowest BCUT2D eigenvalue weighted by Crippen LogP contribution is -2.22. The van der Waals surface area contributed by atoms with Crippen LogP contribution in [0.25, 0.3) is 0 Å². The molecule has 0 heterocycles. The van der Waals surface area contributed by atoms with Crippen LogP contribution in [0.2, 0.25) is 0 Å². The molecule has 3 rings (SSSR count). The fourth-order valence-electron chi connectivity index (χ4n) is 5.53. The summed E-state index contributed by atoms with van der Waals surface area (Å²) in [6, 6.07) is 3.19. The minimum absolute atomic E-state index is 0.00206. The van der Waals surface area contributed by atoms with Crippen molar-refractivity contribution >= 4 is 0 Å². The number of hydrogen-bond acceptors (Lipinski definition) is 1. The average Bonchev–Trinajstić information content (AvgIpc) is 2.82. The van der Waals surface area contributed by atoms with Crippen molar-refractivity contribution < 1.29 is 13.5 Å². The Labute approximate surface area is 194 Å². The van der Waals surface area contributed by atoms with Crippen LogP contribution < -0.4 is 4.74 Å². The lowest BCUT2D eigenvalue weighted by molar-refractivity contribution is 0.209. The number of unbranched alkanes of at least 4 members (excludes halogenated alkanes) is 2. The van der Waals surface area contributed by atoms with E-state index in [2.05, 4.69) is 25.2 Å². The minimum atomic E-state index is -0.864. The summed E-state index contributed by atoms with van der Waals surface area (Å²) >= 11 is 0. The molecule has 2 aliphatic rings. The molecule has 1 unspecified atom stereocenters. The van der Waals surface area contributed by atoms with Gasteiger partial charge in [0, 0.05) is 0 Å². The second-order valence-electron chi connectivity index (χ2n) is 9.78. The summed E-state index contributed by atoms with van der Waals surface area (Å²) in [4.78, 5) is 0. The summed E-state index contributed by atoms with van der Waals surface area (Å²) in [5, 5.41) is 0. The van der Waals surface area contributed by atoms with Gasteiger partial charge in [-0.3, -0.25) is 0 Å². The van der Waals surface area contributed by atoms with Gasteiger partial charge in [-0.1, -0.05) is 49.6 Å². The molecule has 0 saturated heterocycles. The predicted molar refractivity (Wildman–Crippen MR) is 130 cm³/mol. The first kappa shape index (κ1) is 25.0. The number of allylic oxidation sites excluding steroid dienone is 4. The van der Waals surface area contributed by atoms with Gasteiger partial charge in [-0.25, -0.2) is 4.39 Å². The quantitative estimate of drug-likeness (QED) is 0.244. The van der Waals surface area contributed by atoms with Crippen LogP contribution in [0.3, 0.4) is 0 Å². The van der Waals surface area contributed by atoms with E-state index in [1.807, 2.05) is 0 Å². The van der Waals surface area contributed by atoms with Crippen LogP contribution in [0.5, 0.6) is 5.75 Å². The topological polar surface area (TPSA) is 9.23 Å². The molecular weight excluding hydrogens is 402 g/mol. The fourth-order valence-corrected chi connectivity index (χ4v) is 5.53. The molecular formula is C29H42F2O. The lowest BCUT2D eigenvalue weighted by Gasteiger charge is -2.35. The zero-order valence-electron chi connectivity index (χ0n) is 20.2. The van der Waals surface area contributed by atoms with Crippen molar-refractivity contribution in [1.82, 2.24) is 0 Å². The molecule has 1 aromatic rings. The molecule has 0 aliphatic heterocycles. The molecule has 1 fully saturated rings. The standard InChI is InChI=1S/C29H42F2O/c1-3-5-6-9-22-12-16-24(17-13-22)25-18-14-23(15-19-25)10-7-8-11-26-20-21-27(32-4-2)29(31)28(26)30/h7,10,12,20-21,23-25H,3-6,8-9,11,13-19H2,1-2H3. The van der Waals surface area contributed by atoms with Crippen molar-refractivity contribution in [2.75, 3.05) is 6.61 Å². The molecule has 1 atom stereocenters. The summed E-state index contributed by atoms with van der Waals surface area (Å²) in [6.45, 7) is 4.37. The van der Waals surface area contributed by atoms with Crippen LogP contribution in [-0.2, 0) is 6.42 Å². The third-order valence-corrected chi connectivity index (χ3v) is 7.55. The normalized spacial score (nSPS) is 24.0. The molecule has 1 saturated carbocycles. The molecule has 0 amide bonds. The van der Waals surface area contributed by atoms with Gasteiger partial charge >= 0.3 is 0 Å². The summed E-state index contributed by atoms with van der Waals surface area (Å²) in [5.74, 6) is 0.817. The summed E-state index contributed by atoms with van der Waals surface area (Å²) in [6.07, 6.45) is 23.0. The van der Waals surface area contributed by atoms with Crippen LogP contribution in [0.1, 0.15) is 96.5 Å². The Hall–Kier alpha value is -1.64. The van der Waals surface area contributed by atoms with Gasteiger partial charge in [0.2, 0.25) is 5.82 Å². The Kier molecular flexibility index (Phi) is 10.3. The van der Waals surface area contributed by atoms with Crippen molar-refractivity contribution in [1.29, 1.82) is 0 Å². The second kappa shape index (κ2) is 13.2. The van der Waals surface area contributed by atoms with E-state index in [-0.39, 0.29) is 5.75 Å². The first-order chi connectivity index (χ1) is 15.6. The number of benzene rings is 1. The van der Waals surface area contributed by atoms with Crippen LogP contribution in [0.4, 0.5) is 8.78 Å². The smallest absolute Gasteiger partial charge is 0.200 e. The minimum Gasteiger partial charge on any atom is -0.491 e. The first-order valence-corrected chi connectivity index (χ1v) is 13.1. The lowest BCUT2D eigenvalue weighted by atomic mass is 9.71. The average molecular weight is 445 g/mol. The van der Waals surface area contributed by atoms with E-state index in [1.54, 1.807) is 18.6 Å². The largest absolute Gasteiger partial charge is 0.491 e. The maximum atomic E-state index is 14.2. The summed E-state index contributed by atoms with van der Waals surface area (Å²) < 4.78 is 33.3. The van der Waals surface area contributed by atoms with E-state index < -0.39 is 11.6 Å². The second-order valence-corrected chi connectivity index (χ2v) is 9.78. The molecule has 32 heavy (non-hydrogen) atoms. The van der Waals surface area contributed by atoms with Crippen molar-refractivity contribution in [3.8, 4) is 5.75 Å². The van der Waals surface area contributed by atoms with E-state index in [1.165, 1.54) is 76.7 Å². The van der Waals surface area contributed by atoms with Gasteiger partial charge < -0.3 is 4.74 Å². The van der Waals surface area contributed by atoms with E-state index in [9.17, 15) is 8.78 Å². The van der Waals surface area contributed by atoms with E-state index in [4.69, 9.17) is 4.74 Å². The SMILES string of the molecule is CCCCCC1=CCC(C2CCC(C=CCCc3ccc(OCC)c(F)c3F)CC2)CC1. The number of hydrogen-bond donors (Lipinski definition) is 0. The molecule has 0 spiro atoms. The molecule has 0 radical (unpaired) electrons. The predicted octanol–water partition coefficient (Wildman–Crippen LogP) is 8.97. The maximum Gasteiger partial charge on any atom is 0.200 e. The Bertz CT molecular complexity index is 759. The molecule has 0 bridgehead atoms. The Balaban J connectivity index is 1.37. The highest BCUT2D eigenvalue weighted by atomic mass is 19.2. The maximum absolute atomic E-state index is 14.2. The van der Waals surface area contributed by atoms with Gasteiger partial charge in [0.05, 0.1) is 6.61 Å². The molecule has 0 N–H and O–H groups in total. The zero-order valence-corrected chi connectivity index (χ0v) is 20.2. The number of ether oxygens (including phenoxy) is 1. The third-order valence-electron chi connectivity index (χ3n) is 7.55. The Morgan fingerprint density at radius 2 is 1.75 bits per heavy atom. The highest BCUT2D eigenvalue weighted by molar-refractivity contribution is 5.31. The van der Waals surface area contributed by atoms with Gasteiger partial charge in [-0.2, -0.15) is 4.39 Å². The van der Waals surface area contributed by atoms with Gasteiger partial charge in [-0.05, 0) is 107 Å². The summed E-state index contributed by atoms with van der Waals surface area (Å²) in [7, 11) is 0. The van der Waals surface area contributed by atoms with Crippen molar-refractivity contribution in [2.24, 2.45) is 17.8 Å². The molecule has 2 aliphatic carbocycles. The van der Waals surface area contributed by atoms with Gasteiger partial charge in [-0.15, -0.1) is 0 Å². The highest BCUT2D eigenvalue weighted by Crippen LogP contribution is 2.40. The van der Waals surface area contributed by atoms with E-state index in [0.717, 1.165) is 18.3 Å². The van der Waals surface area contributed by atoms with Crippen LogP contribution >= 0.6 is 0 Å². The van der Waals surface area contributed by atoms with E-state index >= 15 is 0 Å². The van der Waals surface area contributed by atoms with Crippen molar-refractivity contribution in [3.05, 3.63) is 53.1 Å². The van der Waals surface area contributed by atoms with Gasteiger partial charge in [0.15, 0.2) is 11.6 Å². The highest BCUT2D eigenvalue weighted by Gasteiger charge is 2.27. The number of halogens is 2. The van der Waals surface area contributed by atoms with Crippen LogP contribution in [-0.4, -0.2) is 6.61 Å². The monoisotopic (exact) mass is 444 g/mol. The first-order valence-electron chi connectivity index (χ1n) is 13.1. The molecule has 0 aromatic heterocycles. The Morgan fingerprint density at radius 3 is 2.44 bits per heavy atom. The molecule has 3 heteroatoms. The molecule has 1 aromatic carbocycles. The van der Waals surface area contributed by atoms with Crippen molar-refractivity contribution in [2.45, 2.75) is 97.3 Å². The number of rotatable bonds is 11. The molecule has 1 nitrogen and oxygen atoms in total. The summed E-state index contributed by atoms with van der Waals surface area (Å²) in [5.41, 5.74) is 2.15. The van der Waals surface area contributed by atoms with Crippen molar-refractivity contribution in [3.63, 3.8) is 0 Å². The van der Waals surface area contributed by atoms with Crippen LogP contribution in [0, 0.1) is 29.4 Å². The fraction of sp³-hybridized carbons (Fsp3) is 0.655. The van der Waals surface area contributed by atoms with Gasteiger partial charge in [0.25, 0.3) is 0 Å². The third kappa shape index (κ3) is 7.18. The van der Waals surface area contributed by atoms with Gasteiger partial charge in [0.1, 0.15) is 0 Å². The molecule has 178 valence electrons. The Morgan fingerprint density at radius 1 is 0.938 bits per heavy atom. The van der Waals surface area contributed by atoms with Crippen LogP contribution in [0.15, 0.2) is 35.9 Å². The zero-order chi connectivity index (χ0) is 22.8. The van der Waals surface area contributed by atoms with E-state index in [0.29, 0.717) is 24.5 Å². The number of aryl methyl sites for hydroxylation is 1.